The van der Waals surface area contributed by atoms with Gasteiger partial charge in [-0.3, -0.25) is 14.5 Å². The van der Waals surface area contributed by atoms with E-state index in [1.165, 1.54) is 103 Å². The number of likely N-dealkylation sites (N-methyl/N-ethyl adjacent to an activating group) is 1. The van der Waals surface area contributed by atoms with E-state index in [0.29, 0.717) is 6.42 Å². The molecule has 0 rings (SSSR count). The Labute approximate surface area is 193 Å². The third-order valence-corrected chi connectivity index (χ3v) is 6.00. The average molecular weight is 440 g/mol. The molecular formula is C27H53NO3. The molecule has 0 aromatic heterocycles. The second kappa shape index (κ2) is 23.8. The fourth-order valence-electron chi connectivity index (χ4n) is 3.96. The van der Waals surface area contributed by atoms with Crippen molar-refractivity contribution in [1.29, 1.82) is 0 Å². The first kappa shape index (κ1) is 30.1. The Bertz CT molecular complexity index is 411. The van der Waals surface area contributed by atoms with E-state index < -0.39 is 5.97 Å². The zero-order valence-corrected chi connectivity index (χ0v) is 21.2. The summed E-state index contributed by atoms with van der Waals surface area (Å²) in [7, 11) is 1.93. The molecule has 0 unspecified atom stereocenters. The second-order valence-electron chi connectivity index (χ2n) is 9.34. The number of rotatable bonds is 23. The predicted octanol–water partition coefficient (Wildman–Crippen LogP) is 7.83. The fourth-order valence-corrected chi connectivity index (χ4v) is 3.96. The maximum Gasteiger partial charge on any atom is 0.327 e. The third kappa shape index (κ3) is 23.6. The fraction of sp³-hybridized carbons (Fsp3) is 0.926. The van der Waals surface area contributed by atoms with Crippen molar-refractivity contribution in [1.82, 2.24) is 4.90 Å². The minimum Gasteiger partial charge on any atom is -0.392 e. The molecule has 0 saturated heterocycles. The van der Waals surface area contributed by atoms with Gasteiger partial charge in [0.25, 0.3) is 0 Å². The van der Waals surface area contributed by atoms with Gasteiger partial charge in [-0.25, -0.2) is 0 Å². The van der Waals surface area contributed by atoms with Crippen molar-refractivity contribution in [3.05, 3.63) is 0 Å². The van der Waals surface area contributed by atoms with Crippen LogP contribution in [0.15, 0.2) is 0 Å². The normalized spacial score (nSPS) is 11.2. The second-order valence-corrected chi connectivity index (χ2v) is 9.34. The minimum absolute atomic E-state index is 0.209. The molecule has 0 spiro atoms. The molecule has 31 heavy (non-hydrogen) atoms. The van der Waals surface area contributed by atoms with Crippen molar-refractivity contribution in [2.24, 2.45) is 0 Å². The van der Waals surface area contributed by atoms with E-state index in [-0.39, 0.29) is 12.5 Å². The van der Waals surface area contributed by atoms with Gasteiger partial charge in [0, 0.05) is 6.42 Å². The maximum atomic E-state index is 11.9. The van der Waals surface area contributed by atoms with Crippen LogP contribution in [-0.4, -0.2) is 37.0 Å². The lowest BCUT2D eigenvalue weighted by molar-refractivity contribution is -0.160. The number of carbonyl (C=O) groups excluding carboxylic acids is 2. The predicted molar refractivity (Wildman–Crippen MR) is 132 cm³/mol. The van der Waals surface area contributed by atoms with Crippen LogP contribution in [0.1, 0.15) is 142 Å². The molecule has 0 aliphatic rings. The first-order chi connectivity index (χ1) is 15.1. The summed E-state index contributed by atoms with van der Waals surface area (Å²) in [5, 5.41) is 0. The summed E-state index contributed by atoms with van der Waals surface area (Å²) in [5.74, 6) is -0.768. The van der Waals surface area contributed by atoms with Crippen LogP contribution < -0.4 is 0 Å². The topological polar surface area (TPSA) is 46.6 Å². The zero-order valence-electron chi connectivity index (χ0n) is 21.2. The van der Waals surface area contributed by atoms with Crippen LogP contribution >= 0.6 is 0 Å². The van der Waals surface area contributed by atoms with Gasteiger partial charge in [-0.2, -0.15) is 0 Å². The Hall–Kier alpha value is -0.900. The summed E-state index contributed by atoms with van der Waals surface area (Å²) >= 11 is 0. The van der Waals surface area contributed by atoms with Crippen LogP contribution in [0.2, 0.25) is 0 Å². The molecule has 4 heteroatoms. The highest BCUT2D eigenvalue weighted by atomic mass is 16.6. The first-order valence-electron chi connectivity index (χ1n) is 13.5. The minimum atomic E-state index is -0.407. The van der Waals surface area contributed by atoms with Crippen molar-refractivity contribution >= 4 is 11.9 Å². The molecule has 4 nitrogen and oxygen atoms in total. The lowest BCUT2D eigenvalue weighted by Crippen LogP contribution is -2.29. The third-order valence-electron chi connectivity index (χ3n) is 6.00. The first-order valence-corrected chi connectivity index (χ1v) is 13.5. The molecule has 0 aliphatic heterocycles. The van der Waals surface area contributed by atoms with Crippen LogP contribution in [0.4, 0.5) is 0 Å². The van der Waals surface area contributed by atoms with E-state index in [1.54, 1.807) is 0 Å². The Morgan fingerprint density at radius 3 is 1.39 bits per heavy atom. The molecule has 0 aromatic carbocycles. The molecule has 0 amide bonds. The number of hydrogen-bond donors (Lipinski definition) is 0. The van der Waals surface area contributed by atoms with Crippen LogP contribution in [0.25, 0.3) is 0 Å². The highest BCUT2D eigenvalue weighted by molar-refractivity contribution is 5.86. The van der Waals surface area contributed by atoms with E-state index in [1.807, 2.05) is 11.9 Å². The lowest BCUT2D eigenvalue weighted by Gasteiger charge is -2.15. The molecule has 0 fully saturated rings. The molecule has 0 saturated carbocycles. The SMILES string of the molecule is CCCCCCCCCCCCN(C)CC(=O)OC(=O)CCCCCCCCCCC. The molecule has 184 valence electrons. The maximum absolute atomic E-state index is 11.9. The number of esters is 2. The highest BCUT2D eigenvalue weighted by Gasteiger charge is 2.12. The van der Waals surface area contributed by atoms with Gasteiger partial charge >= 0.3 is 11.9 Å². The summed E-state index contributed by atoms with van der Waals surface area (Å²) < 4.78 is 4.97. The van der Waals surface area contributed by atoms with E-state index in [9.17, 15) is 9.59 Å². The smallest absolute Gasteiger partial charge is 0.327 e. The van der Waals surface area contributed by atoms with Gasteiger partial charge in [0.2, 0.25) is 0 Å². The summed E-state index contributed by atoms with van der Waals surface area (Å²) in [6, 6.07) is 0. The molecule has 0 bridgehead atoms. The molecule has 0 atom stereocenters. The number of ether oxygens (including phenoxy) is 1. The number of unbranched alkanes of at least 4 members (excludes halogenated alkanes) is 17. The van der Waals surface area contributed by atoms with Crippen molar-refractivity contribution in [2.45, 2.75) is 142 Å². The molecule has 0 aliphatic carbocycles. The summed E-state index contributed by atoms with van der Waals surface area (Å²) in [6.07, 6.45) is 24.4. The van der Waals surface area contributed by atoms with Gasteiger partial charge in [0.15, 0.2) is 0 Å². The van der Waals surface area contributed by atoms with Crippen LogP contribution in [-0.2, 0) is 14.3 Å². The molecule has 0 radical (unpaired) electrons. The molecule has 0 N–H and O–H groups in total. The van der Waals surface area contributed by atoms with Gasteiger partial charge in [0.1, 0.15) is 0 Å². The molecule has 0 aromatic rings. The van der Waals surface area contributed by atoms with E-state index >= 15 is 0 Å². The summed E-state index contributed by atoms with van der Waals surface area (Å²) in [6.45, 7) is 5.59. The number of carbonyl (C=O) groups is 2. The van der Waals surface area contributed by atoms with Crippen LogP contribution in [0.3, 0.4) is 0 Å². The van der Waals surface area contributed by atoms with Crippen LogP contribution in [0, 0.1) is 0 Å². The van der Waals surface area contributed by atoms with Crippen molar-refractivity contribution < 1.29 is 14.3 Å². The molecular weight excluding hydrogens is 386 g/mol. The lowest BCUT2D eigenvalue weighted by atomic mass is 10.1. The summed E-state index contributed by atoms with van der Waals surface area (Å²) in [5.41, 5.74) is 0. The van der Waals surface area contributed by atoms with Crippen LogP contribution in [0.5, 0.6) is 0 Å². The molecule has 0 heterocycles. The van der Waals surface area contributed by atoms with Gasteiger partial charge in [-0.15, -0.1) is 0 Å². The van der Waals surface area contributed by atoms with Gasteiger partial charge in [-0.05, 0) is 26.4 Å². The quantitative estimate of drug-likeness (QED) is 0.0924. The largest absolute Gasteiger partial charge is 0.392 e. The zero-order chi connectivity index (χ0) is 23.0. The highest BCUT2D eigenvalue weighted by Crippen LogP contribution is 2.12. The Morgan fingerprint density at radius 1 is 0.548 bits per heavy atom. The van der Waals surface area contributed by atoms with Crippen molar-refractivity contribution in [3.8, 4) is 0 Å². The van der Waals surface area contributed by atoms with E-state index in [2.05, 4.69) is 13.8 Å². The number of nitrogens with zero attached hydrogens (tertiary/aromatic N) is 1. The van der Waals surface area contributed by atoms with E-state index in [0.717, 1.165) is 25.8 Å². The van der Waals surface area contributed by atoms with Gasteiger partial charge in [-0.1, -0.05) is 123 Å². The summed E-state index contributed by atoms with van der Waals surface area (Å²) in [4.78, 5) is 25.7. The average Bonchev–Trinajstić information content (AvgIpc) is 2.73. The van der Waals surface area contributed by atoms with Gasteiger partial charge in [0.05, 0.1) is 6.54 Å². The van der Waals surface area contributed by atoms with E-state index in [4.69, 9.17) is 4.74 Å². The van der Waals surface area contributed by atoms with Gasteiger partial charge < -0.3 is 4.74 Å². The van der Waals surface area contributed by atoms with Crippen molar-refractivity contribution in [3.63, 3.8) is 0 Å². The monoisotopic (exact) mass is 439 g/mol. The van der Waals surface area contributed by atoms with Crippen molar-refractivity contribution in [2.75, 3.05) is 20.1 Å². The Morgan fingerprint density at radius 2 is 0.935 bits per heavy atom. The standard InChI is InChI=1S/C27H53NO3/c1-4-6-8-10-12-14-16-18-20-22-24-28(3)25-27(30)31-26(29)23-21-19-17-15-13-11-9-7-5-2/h4-25H2,1-3H3. The number of hydrogen-bond acceptors (Lipinski definition) is 4. The Balaban J connectivity index is 3.47. The Kier molecular flexibility index (Phi) is 23.1.